The van der Waals surface area contributed by atoms with Crippen molar-refractivity contribution in [3.63, 3.8) is 0 Å². The van der Waals surface area contributed by atoms with Gasteiger partial charge in [-0.05, 0) is 38.0 Å². The van der Waals surface area contributed by atoms with E-state index in [-0.39, 0.29) is 5.97 Å². The first-order valence-corrected chi connectivity index (χ1v) is 7.07. The number of nitrogens with one attached hydrogen (secondary N) is 1. The number of carbonyl (C=O) groups is 1. The fourth-order valence-electron chi connectivity index (χ4n) is 1.69. The first-order valence-electron chi connectivity index (χ1n) is 7.07. The molecule has 0 aliphatic rings. The number of nitrogens with two attached hydrogens (primary N) is 1. The second kappa shape index (κ2) is 9.20. The van der Waals surface area contributed by atoms with Crippen molar-refractivity contribution in [3.8, 4) is 0 Å². The lowest BCUT2D eigenvalue weighted by atomic mass is 10.1. The van der Waals surface area contributed by atoms with Crippen LogP contribution in [0.4, 0.5) is 11.4 Å². The first-order chi connectivity index (χ1) is 9.69. The van der Waals surface area contributed by atoms with Crippen LogP contribution in [0.25, 0.3) is 0 Å². The number of anilines is 2. The van der Waals surface area contributed by atoms with Crippen molar-refractivity contribution in [1.29, 1.82) is 0 Å². The summed E-state index contributed by atoms with van der Waals surface area (Å²) in [4.78, 5) is 11.6. The molecule has 0 saturated carbocycles. The van der Waals surface area contributed by atoms with E-state index in [4.69, 9.17) is 15.2 Å². The van der Waals surface area contributed by atoms with Crippen LogP contribution in [-0.4, -0.2) is 32.3 Å². The molecule has 0 heterocycles. The van der Waals surface area contributed by atoms with Crippen LogP contribution in [0.3, 0.4) is 0 Å². The van der Waals surface area contributed by atoms with E-state index in [0.717, 1.165) is 38.3 Å². The number of ether oxygens (including phenoxy) is 2. The quantitative estimate of drug-likeness (QED) is 0.413. The Morgan fingerprint density at radius 1 is 1.30 bits per heavy atom. The minimum Gasteiger partial charge on any atom is -0.462 e. The lowest BCUT2D eigenvalue weighted by molar-refractivity contribution is 0.0526. The van der Waals surface area contributed by atoms with Gasteiger partial charge >= 0.3 is 5.97 Å². The fourth-order valence-corrected chi connectivity index (χ4v) is 1.69. The maximum absolute atomic E-state index is 11.6. The second-order valence-electron chi connectivity index (χ2n) is 4.42. The molecule has 0 spiro atoms. The molecule has 20 heavy (non-hydrogen) atoms. The van der Waals surface area contributed by atoms with Crippen LogP contribution in [0, 0.1) is 0 Å². The zero-order valence-corrected chi connectivity index (χ0v) is 12.3. The summed E-state index contributed by atoms with van der Waals surface area (Å²) in [5.74, 6) is -0.332. The average molecular weight is 280 g/mol. The number of benzene rings is 1. The summed E-state index contributed by atoms with van der Waals surface area (Å²) >= 11 is 0. The zero-order valence-electron chi connectivity index (χ0n) is 12.3. The summed E-state index contributed by atoms with van der Waals surface area (Å²) < 4.78 is 10.4. The molecule has 0 amide bonds. The van der Waals surface area contributed by atoms with Gasteiger partial charge in [-0.25, -0.2) is 4.79 Å². The van der Waals surface area contributed by atoms with Crippen LogP contribution in [0.15, 0.2) is 18.2 Å². The molecule has 5 heteroatoms. The summed E-state index contributed by atoms with van der Waals surface area (Å²) in [6.45, 7) is 6.49. The van der Waals surface area contributed by atoms with Crippen molar-refractivity contribution >= 4 is 17.3 Å². The Bertz CT molecular complexity index is 422. The number of hydrogen-bond donors (Lipinski definition) is 2. The molecule has 0 fully saturated rings. The summed E-state index contributed by atoms with van der Waals surface area (Å²) in [5.41, 5.74) is 7.76. The van der Waals surface area contributed by atoms with Crippen molar-refractivity contribution < 1.29 is 14.3 Å². The van der Waals surface area contributed by atoms with Gasteiger partial charge in [0, 0.05) is 19.8 Å². The minimum atomic E-state index is -0.332. The van der Waals surface area contributed by atoms with E-state index in [1.165, 1.54) is 0 Å². The molecule has 0 unspecified atom stereocenters. The predicted molar refractivity (Wildman–Crippen MR) is 81.0 cm³/mol. The number of rotatable bonds is 9. The topological polar surface area (TPSA) is 73.6 Å². The Labute approximate surface area is 120 Å². The highest BCUT2D eigenvalue weighted by Crippen LogP contribution is 2.20. The Balaban J connectivity index is 2.48. The third-order valence-corrected chi connectivity index (χ3v) is 2.69. The monoisotopic (exact) mass is 280 g/mol. The van der Waals surface area contributed by atoms with Crippen molar-refractivity contribution in [1.82, 2.24) is 0 Å². The fraction of sp³-hybridized carbons (Fsp3) is 0.533. The predicted octanol–water partition coefficient (Wildman–Crippen LogP) is 2.67. The summed E-state index contributed by atoms with van der Waals surface area (Å²) in [5, 5.41) is 3.21. The van der Waals surface area contributed by atoms with Crippen LogP contribution >= 0.6 is 0 Å². The third kappa shape index (κ3) is 5.48. The van der Waals surface area contributed by atoms with Crippen LogP contribution < -0.4 is 11.1 Å². The molecule has 0 saturated heterocycles. The molecule has 0 aliphatic heterocycles. The molecule has 0 radical (unpaired) electrons. The molecule has 112 valence electrons. The van der Waals surface area contributed by atoms with Gasteiger partial charge in [-0.15, -0.1) is 0 Å². The van der Waals surface area contributed by atoms with Crippen molar-refractivity contribution in [2.75, 3.05) is 37.4 Å². The van der Waals surface area contributed by atoms with Crippen LogP contribution in [0.2, 0.25) is 0 Å². The molecule has 3 N–H and O–H groups in total. The minimum absolute atomic E-state index is 0.332. The van der Waals surface area contributed by atoms with Gasteiger partial charge in [0.1, 0.15) is 0 Å². The van der Waals surface area contributed by atoms with Crippen molar-refractivity contribution in [3.05, 3.63) is 23.8 Å². The lowest BCUT2D eigenvalue weighted by Gasteiger charge is -2.11. The molecule has 0 aromatic heterocycles. The maximum Gasteiger partial charge on any atom is 0.338 e. The largest absolute Gasteiger partial charge is 0.462 e. The van der Waals surface area contributed by atoms with Crippen LogP contribution in [-0.2, 0) is 9.47 Å². The Morgan fingerprint density at radius 2 is 2.10 bits per heavy atom. The molecule has 1 rings (SSSR count). The standard InChI is InChI=1S/C15H24N2O3/c1-3-9-19-10-5-8-17-14-11-12(6-7-13(14)16)15(18)20-4-2/h6-7,11,17H,3-5,8-10,16H2,1-2H3. The van der Waals surface area contributed by atoms with E-state index in [1.807, 2.05) is 0 Å². The van der Waals surface area contributed by atoms with Gasteiger partial charge in [0.2, 0.25) is 0 Å². The zero-order chi connectivity index (χ0) is 14.8. The van der Waals surface area contributed by atoms with E-state index >= 15 is 0 Å². The molecule has 0 atom stereocenters. The van der Waals surface area contributed by atoms with Gasteiger partial charge in [0.15, 0.2) is 0 Å². The second-order valence-corrected chi connectivity index (χ2v) is 4.42. The number of esters is 1. The Kier molecular flexibility index (Phi) is 7.50. The highest BCUT2D eigenvalue weighted by Gasteiger charge is 2.08. The van der Waals surface area contributed by atoms with Gasteiger partial charge in [-0.1, -0.05) is 6.92 Å². The highest BCUT2D eigenvalue weighted by molar-refractivity contribution is 5.92. The van der Waals surface area contributed by atoms with Crippen molar-refractivity contribution in [2.24, 2.45) is 0 Å². The van der Waals surface area contributed by atoms with Crippen LogP contribution in [0.1, 0.15) is 37.0 Å². The number of hydrogen-bond acceptors (Lipinski definition) is 5. The Hall–Kier alpha value is -1.75. The van der Waals surface area contributed by atoms with Gasteiger partial charge < -0.3 is 20.5 Å². The van der Waals surface area contributed by atoms with E-state index < -0.39 is 0 Å². The van der Waals surface area contributed by atoms with Crippen molar-refractivity contribution in [2.45, 2.75) is 26.7 Å². The van der Waals surface area contributed by atoms with E-state index in [9.17, 15) is 4.79 Å². The van der Waals surface area contributed by atoms with Gasteiger partial charge in [-0.3, -0.25) is 0 Å². The lowest BCUT2D eigenvalue weighted by Crippen LogP contribution is -2.10. The Morgan fingerprint density at radius 3 is 2.80 bits per heavy atom. The van der Waals surface area contributed by atoms with Gasteiger partial charge in [-0.2, -0.15) is 0 Å². The van der Waals surface area contributed by atoms with E-state index in [0.29, 0.717) is 17.9 Å². The number of carbonyl (C=O) groups excluding carboxylic acids is 1. The molecule has 1 aromatic rings. The molecule has 5 nitrogen and oxygen atoms in total. The summed E-state index contributed by atoms with van der Waals surface area (Å²) in [7, 11) is 0. The summed E-state index contributed by atoms with van der Waals surface area (Å²) in [6.07, 6.45) is 1.92. The molecular weight excluding hydrogens is 256 g/mol. The van der Waals surface area contributed by atoms with Crippen LogP contribution in [0.5, 0.6) is 0 Å². The molecular formula is C15H24N2O3. The normalized spacial score (nSPS) is 10.3. The van der Waals surface area contributed by atoms with Gasteiger partial charge in [0.05, 0.1) is 23.5 Å². The average Bonchev–Trinajstić information content (AvgIpc) is 2.44. The smallest absolute Gasteiger partial charge is 0.338 e. The third-order valence-electron chi connectivity index (χ3n) is 2.69. The maximum atomic E-state index is 11.6. The SMILES string of the molecule is CCCOCCCNc1cc(C(=O)OCC)ccc1N. The molecule has 0 bridgehead atoms. The molecule has 1 aromatic carbocycles. The van der Waals surface area contributed by atoms with E-state index in [2.05, 4.69) is 12.2 Å². The van der Waals surface area contributed by atoms with Gasteiger partial charge in [0.25, 0.3) is 0 Å². The highest BCUT2D eigenvalue weighted by atomic mass is 16.5. The number of nitrogen functional groups attached to an aromatic ring is 1. The molecule has 0 aliphatic carbocycles. The summed E-state index contributed by atoms with van der Waals surface area (Å²) in [6, 6.07) is 5.10. The first kappa shape index (κ1) is 16.3. The van der Waals surface area contributed by atoms with E-state index in [1.54, 1.807) is 25.1 Å².